The standard InChI is InChI=1S/C20H24N2O3/c1-12(2)14-10-6-7-13(3)18(14)21-17(23)11-22-19(24)15-8-4-5-9-16(15)20(22)25/h4-7,10,12,15-16H,8-9,11H2,1-3H3,(H,21,23)/t15-,16-/m0/s1. The molecule has 0 bridgehead atoms. The molecule has 1 fully saturated rings. The van der Waals surface area contributed by atoms with Gasteiger partial charge in [-0.2, -0.15) is 0 Å². The predicted molar refractivity (Wildman–Crippen MR) is 96.0 cm³/mol. The summed E-state index contributed by atoms with van der Waals surface area (Å²) in [5.74, 6) is -1.10. The largest absolute Gasteiger partial charge is 0.324 e. The summed E-state index contributed by atoms with van der Waals surface area (Å²) < 4.78 is 0. The third-order valence-electron chi connectivity index (χ3n) is 5.09. The Bertz CT molecular complexity index is 725. The number of aryl methyl sites for hydroxylation is 1. The molecule has 1 N–H and O–H groups in total. The van der Waals surface area contributed by atoms with Crippen LogP contribution in [0.2, 0.25) is 0 Å². The Morgan fingerprint density at radius 1 is 1.16 bits per heavy atom. The molecule has 0 aromatic heterocycles. The number of rotatable bonds is 4. The van der Waals surface area contributed by atoms with Gasteiger partial charge in [0.05, 0.1) is 11.8 Å². The normalized spacial score (nSPS) is 22.5. The fraction of sp³-hybridized carbons (Fsp3) is 0.450. The molecule has 0 unspecified atom stereocenters. The van der Waals surface area contributed by atoms with E-state index in [0.29, 0.717) is 12.8 Å². The predicted octanol–water partition coefficient (Wildman–Crippen LogP) is 3.01. The van der Waals surface area contributed by atoms with Crippen LogP contribution in [0.4, 0.5) is 5.69 Å². The number of anilines is 1. The van der Waals surface area contributed by atoms with Crippen LogP contribution in [0.5, 0.6) is 0 Å². The number of nitrogens with one attached hydrogen (secondary N) is 1. The summed E-state index contributed by atoms with van der Waals surface area (Å²) in [5, 5.41) is 2.91. The molecule has 1 aliphatic heterocycles. The number of benzene rings is 1. The van der Waals surface area contributed by atoms with Crippen molar-refractivity contribution in [1.29, 1.82) is 0 Å². The first kappa shape index (κ1) is 17.4. The number of carbonyl (C=O) groups excluding carboxylic acids is 3. The van der Waals surface area contributed by atoms with Crippen LogP contribution in [0.3, 0.4) is 0 Å². The molecule has 5 nitrogen and oxygen atoms in total. The van der Waals surface area contributed by atoms with Gasteiger partial charge in [0.1, 0.15) is 6.54 Å². The van der Waals surface area contributed by atoms with Gasteiger partial charge in [-0.25, -0.2) is 0 Å². The highest BCUT2D eigenvalue weighted by Gasteiger charge is 2.47. The smallest absolute Gasteiger partial charge is 0.244 e. The van der Waals surface area contributed by atoms with E-state index in [2.05, 4.69) is 19.2 Å². The first-order valence-electron chi connectivity index (χ1n) is 8.79. The lowest BCUT2D eigenvalue weighted by Gasteiger charge is -2.19. The average molecular weight is 340 g/mol. The van der Waals surface area contributed by atoms with Crippen molar-refractivity contribution >= 4 is 23.4 Å². The Hall–Kier alpha value is -2.43. The van der Waals surface area contributed by atoms with E-state index in [-0.39, 0.29) is 42.0 Å². The first-order chi connectivity index (χ1) is 11.9. The minimum absolute atomic E-state index is 0.212. The van der Waals surface area contributed by atoms with Gasteiger partial charge in [-0.3, -0.25) is 19.3 Å². The lowest BCUT2D eigenvalue weighted by molar-refractivity contribution is -0.142. The molecule has 5 heteroatoms. The fourth-order valence-corrected chi connectivity index (χ4v) is 3.69. The van der Waals surface area contributed by atoms with Crippen LogP contribution < -0.4 is 5.32 Å². The molecular weight excluding hydrogens is 316 g/mol. The van der Waals surface area contributed by atoms with E-state index < -0.39 is 0 Å². The van der Waals surface area contributed by atoms with E-state index in [9.17, 15) is 14.4 Å². The summed E-state index contributed by atoms with van der Waals surface area (Å²) >= 11 is 0. The minimum atomic E-state index is -0.329. The van der Waals surface area contributed by atoms with Crippen LogP contribution in [0.25, 0.3) is 0 Å². The molecular formula is C20H24N2O3. The van der Waals surface area contributed by atoms with Crippen molar-refractivity contribution in [3.63, 3.8) is 0 Å². The molecule has 0 radical (unpaired) electrons. The Morgan fingerprint density at radius 2 is 1.76 bits per heavy atom. The van der Waals surface area contributed by atoms with E-state index in [0.717, 1.165) is 21.7 Å². The summed E-state index contributed by atoms with van der Waals surface area (Å²) in [6.07, 6.45) is 5.06. The summed E-state index contributed by atoms with van der Waals surface area (Å²) in [6.45, 7) is 5.86. The molecule has 0 spiro atoms. The maximum absolute atomic E-state index is 12.5. The number of hydrogen-bond acceptors (Lipinski definition) is 3. The van der Waals surface area contributed by atoms with E-state index in [1.807, 2.05) is 37.3 Å². The monoisotopic (exact) mass is 340 g/mol. The molecule has 1 aromatic carbocycles. The Balaban J connectivity index is 1.74. The highest BCUT2D eigenvalue weighted by Crippen LogP contribution is 2.35. The summed E-state index contributed by atoms with van der Waals surface area (Å²) in [5.41, 5.74) is 2.79. The number of nitrogens with zero attached hydrogens (tertiary/aromatic N) is 1. The summed E-state index contributed by atoms with van der Waals surface area (Å²) in [6, 6.07) is 5.89. The second-order valence-electron chi connectivity index (χ2n) is 7.16. The maximum atomic E-state index is 12.5. The van der Waals surface area contributed by atoms with Gasteiger partial charge in [0.15, 0.2) is 0 Å². The number of fused-ring (bicyclic) bond motifs is 1. The lowest BCUT2D eigenvalue weighted by Crippen LogP contribution is -2.38. The van der Waals surface area contributed by atoms with Crippen LogP contribution in [0.15, 0.2) is 30.4 Å². The number of hydrogen-bond donors (Lipinski definition) is 1. The number of likely N-dealkylation sites (tertiary alicyclic amines) is 1. The SMILES string of the molecule is Cc1cccc(C(C)C)c1NC(=O)CN1C(=O)[C@H]2CC=CC[C@@H]2C1=O. The van der Waals surface area contributed by atoms with Crippen LogP contribution in [-0.4, -0.2) is 29.2 Å². The lowest BCUT2D eigenvalue weighted by atomic mass is 9.85. The van der Waals surface area contributed by atoms with Gasteiger partial charge < -0.3 is 5.32 Å². The molecule has 3 rings (SSSR count). The zero-order valence-corrected chi connectivity index (χ0v) is 14.9. The van der Waals surface area contributed by atoms with Gasteiger partial charge >= 0.3 is 0 Å². The van der Waals surface area contributed by atoms with Crippen LogP contribution in [0.1, 0.15) is 43.7 Å². The van der Waals surface area contributed by atoms with Gasteiger partial charge in [-0.05, 0) is 36.8 Å². The molecule has 1 aromatic rings. The first-order valence-corrected chi connectivity index (χ1v) is 8.79. The highest BCUT2D eigenvalue weighted by atomic mass is 16.2. The zero-order chi connectivity index (χ0) is 18.1. The number of amides is 3. The molecule has 1 aliphatic carbocycles. The third-order valence-corrected chi connectivity index (χ3v) is 5.09. The molecule has 3 amide bonds. The van der Waals surface area contributed by atoms with E-state index in [4.69, 9.17) is 0 Å². The van der Waals surface area contributed by atoms with Crippen molar-refractivity contribution in [2.24, 2.45) is 11.8 Å². The molecule has 2 aliphatic rings. The number of carbonyl (C=O) groups is 3. The van der Waals surface area contributed by atoms with Crippen molar-refractivity contribution in [3.05, 3.63) is 41.5 Å². The van der Waals surface area contributed by atoms with Gasteiger partial charge in [0.25, 0.3) is 0 Å². The third kappa shape index (κ3) is 3.23. The van der Waals surface area contributed by atoms with Crippen molar-refractivity contribution in [2.45, 2.75) is 39.5 Å². The Morgan fingerprint density at radius 3 is 2.32 bits per heavy atom. The molecule has 2 atom stereocenters. The minimum Gasteiger partial charge on any atom is -0.324 e. The van der Waals surface area contributed by atoms with Crippen molar-refractivity contribution < 1.29 is 14.4 Å². The van der Waals surface area contributed by atoms with Crippen LogP contribution in [0, 0.1) is 18.8 Å². The molecule has 1 heterocycles. The van der Waals surface area contributed by atoms with Crippen LogP contribution >= 0.6 is 0 Å². The van der Waals surface area contributed by atoms with Crippen molar-refractivity contribution in [2.75, 3.05) is 11.9 Å². The molecule has 132 valence electrons. The van der Waals surface area contributed by atoms with Gasteiger partial charge in [0.2, 0.25) is 17.7 Å². The summed E-state index contributed by atoms with van der Waals surface area (Å²) in [4.78, 5) is 38.6. The Labute approximate surface area is 148 Å². The number of imide groups is 1. The fourth-order valence-electron chi connectivity index (χ4n) is 3.69. The van der Waals surface area contributed by atoms with E-state index in [1.165, 1.54) is 0 Å². The van der Waals surface area contributed by atoms with Crippen LogP contribution in [-0.2, 0) is 14.4 Å². The molecule has 0 saturated carbocycles. The molecule has 1 saturated heterocycles. The van der Waals surface area contributed by atoms with E-state index in [1.54, 1.807) is 0 Å². The summed E-state index contributed by atoms with van der Waals surface area (Å²) in [7, 11) is 0. The number of para-hydroxylation sites is 1. The van der Waals surface area contributed by atoms with E-state index >= 15 is 0 Å². The van der Waals surface area contributed by atoms with Crippen molar-refractivity contribution in [3.8, 4) is 0 Å². The van der Waals surface area contributed by atoms with Gasteiger partial charge in [0, 0.05) is 5.69 Å². The average Bonchev–Trinajstić information content (AvgIpc) is 2.82. The van der Waals surface area contributed by atoms with Crippen molar-refractivity contribution in [1.82, 2.24) is 4.90 Å². The van der Waals surface area contributed by atoms with Gasteiger partial charge in [-0.1, -0.05) is 44.2 Å². The van der Waals surface area contributed by atoms with Gasteiger partial charge in [-0.15, -0.1) is 0 Å². The maximum Gasteiger partial charge on any atom is 0.244 e. The quantitative estimate of drug-likeness (QED) is 0.677. The second-order valence-corrected chi connectivity index (χ2v) is 7.16. The molecule has 25 heavy (non-hydrogen) atoms. The highest BCUT2D eigenvalue weighted by molar-refractivity contribution is 6.09. The topological polar surface area (TPSA) is 66.5 Å². The number of allylic oxidation sites excluding steroid dienone is 2. The zero-order valence-electron chi connectivity index (χ0n) is 14.9. The Kier molecular flexibility index (Phi) is 4.75. The second kappa shape index (κ2) is 6.82.